The second-order valence-corrected chi connectivity index (χ2v) is 11.8. The number of aliphatic carboxylic acids is 1. The normalized spacial score (nSPS) is 12.8. The number of pyridine rings is 1. The van der Waals surface area contributed by atoms with Crippen molar-refractivity contribution in [1.29, 1.82) is 0 Å². The molecule has 3 aromatic rings. The Balaban J connectivity index is 1.21. The lowest BCUT2D eigenvalue weighted by atomic mass is 10.1. The number of nitrogens with zero attached hydrogens (tertiary/aromatic N) is 2. The molecule has 13 nitrogen and oxygen atoms in total. The number of benzene rings is 1. The third-order valence-electron chi connectivity index (χ3n) is 7.25. The van der Waals surface area contributed by atoms with Crippen molar-refractivity contribution < 1.29 is 33.8 Å². The molecule has 240 valence electrons. The number of unbranched alkanes of at least 4 members (excludes halogenated alkanes) is 1. The second-order valence-electron chi connectivity index (χ2n) is 10.7. The first-order valence-electron chi connectivity index (χ1n) is 15.0. The van der Waals surface area contributed by atoms with E-state index < -0.39 is 23.9 Å². The zero-order valence-electron chi connectivity index (χ0n) is 25.1. The maximum atomic E-state index is 13.0. The van der Waals surface area contributed by atoms with Gasteiger partial charge in [-0.25, -0.2) is 14.8 Å². The van der Waals surface area contributed by atoms with E-state index >= 15 is 0 Å². The van der Waals surface area contributed by atoms with Gasteiger partial charge in [0.15, 0.2) is 5.01 Å². The van der Waals surface area contributed by atoms with Gasteiger partial charge in [0, 0.05) is 43.7 Å². The van der Waals surface area contributed by atoms with E-state index in [9.17, 15) is 24.0 Å². The average molecular weight is 639 g/mol. The molecular formula is C31H38N6O7S. The number of esters is 1. The number of carbonyl (C=O) groups is 5. The number of methoxy groups -OCH3 is 1. The third-order valence-corrected chi connectivity index (χ3v) is 8.26. The summed E-state index contributed by atoms with van der Waals surface area (Å²) in [5.41, 5.74) is 3.28. The number of aromatic nitrogens is 2. The molecule has 0 unspecified atom stereocenters. The first-order valence-corrected chi connectivity index (χ1v) is 15.8. The van der Waals surface area contributed by atoms with Crippen LogP contribution in [0.15, 0.2) is 30.3 Å². The van der Waals surface area contributed by atoms with Crippen LogP contribution in [0.1, 0.15) is 72.4 Å². The summed E-state index contributed by atoms with van der Waals surface area (Å²) in [5.74, 6) is -1.65. The molecule has 3 heterocycles. The molecule has 14 heteroatoms. The Bertz CT molecular complexity index is 1540. The number of hydrogen-bond donors (Lipinski definition) is 5. The average Bonchev–Trinajstić information content (AvgIpc) is 3.45. The van der Waals surface area contributed by atoms with E-state index in [1.807, 2.05) is 6.07 Å². The van der Waals surface area contributed by atoms with E-state index in [1.165, 1.54) is 12.7 Å². The molecule has 45 heavy (non-hydrogen) atoms. The van der Waals surface area contributed by atoms with Crippen LogP contribution in [0.3, 0.4) is 0 Å². The van der Waals surface area contributed by atoms with E-state index in [0.29, 0.717) is 28.7 Å². The number of thiazole rings is 1. The van der Waals surface area contributed by atoms with Gasteiger partial charge in [-0.15, -0.1) is 11.3 Å². The lowest BCUT2D eigenvalue weighted by molar-refractivity contribution is -0.143. The molecule has 0 fully saturated rings. The van der Waals surface area contributed by atoms with Crippen LogP contribution < -0.4 is 21.3 Å². The fourth-order valence-electron chi connectivity index (χ4n) is 4.88. The Morgan fingerprint density at radius 1 is 1.02 bits per heavy atom. The summed E-state index contributed by atoms with van der Waals surface area (Å²) in [6.07, 6.45) is 5.15. The van der Waals surface area contributed by atoms with Crippen molar-refractivity contribution in [2.45, 2.75) is 70.3 Å². The quantitative estimate of drug-likeness (QED) is 0.115. The molecule has 0 radical (unpaired) electrons. The highest BCUT2D eigenvalue weighted by molar-refractivity contribution is 7.20. The third kappa shape index (κ3) is 10.2. The summed E-state index contributed by atoms with van der Waals surface area (Å²) in [7, 11) is 1.22. The van der Waals surface area contributed by atoms with Gasteiger partial charge in [0.1, 0.15) is 11.9 Å². The number of aryl methyl sites for hydroxylation is 2. The highest BCUT2D eigenvalue weighted by atomic mass is 32.1. The van der Waals surface area contributed by atoms with Gasteiger partial charge in [-0.2, -0.15) is 0 Å². The number of amides is 3. The summed E-state index contributed by atoms with van der Waals surface area (Å²) >= 11 is 1.09. The number of ether oxygens (including phenoxy) is 1. The number of hydrogen-bond acceptors (Lipinski definition) is 10. The number of carbonyl (C=O) groups excluding carboxylic acids is 4. The highest BCUT2D eigenvalue weighted by Crippen LogP contribution is 2.26. The van der Waals surface area contributed by atoms with Crippen LogP contribution in [-0.2, 0) is 36.8 Å². The van der Waals surface area contributed by atoms with E-state index in [1.54, 1.807) is 18.2 Å². The van der Waals surface area contributed by atoms with Crippen molar-refractivity contribution in [2.75, 3.05) is 30.8 Å². The van der Waals surface area contributed by atoms with Crippen molar-refractivity contribution >= 4 is 62.7 Å². The van der Waals surface area contributed by atoms with Crippen LogP contribution >= 0.6 is 11.3 Å². The molecule has 5 N–H and O–H groups in total. The molecular weight excluding hydrogens is 600 g/mol. The van der Waals surface area contributed by atoms with Gasteiger partial charge >= 0.3 is 11.9 Å². The van der Waals surface area contributed by atoms with E-state index in [0.717, 1.165) is 55.1 Å². The molecule has 2 aromatic heterocycles. The van der Waals surface area contributed by atoms with Crippen LogP contribution in [0, 0.1) is 0 Å². The molecule has 4 rings (SSSR count). The van der Waals surface area contributed by atoms with Gasteiger partial charge in [0.2, 0.25) is 11.8 Å². The van der Waals surface area contributed by atoms with Crippen molar-refractivity contribution in [3.8, 4) is 0 Å². The number of rotatable bonds is 16. The lowest BCUT2D eigenvalue weighted by Gasteiger charge is -2.17. The van der Waals surface area contributed by atoms with Crippen molar-refractivity contribution in [2.24, 2.45) is 0 Å². The molecule has 0 aliphatic carbocycles. The van der Waals surface area contributed by atoms with Crippen molar-refractivity contribution in [1.82, 2.24) is 20.6 Å². The van der Waals surface area contributed by atoms with Crippen LogP contribution in [0.5, 0.6) is 0 Å². The van der Waals surface area contributed by atoms with Gasteiger partial charge in [0.05, 0.1) is 17.3 Å². The van der Waals surface area contributed by atoms with Gasteiger partial charge in [0.25, 0.3) is 5.91 Å². The van der Waals surface area contributed by atoms with Crippen molar-refractivity contribution in [3.05, 3.63) is 46.6 Å². The standard InChI is InChI=1S/C31H38N6O7S/c1-44-31(43)23(15-17-32-25(38)8-3-2-7-20-12-11-19-6-5-16-33-28(19)35-20)36-29(42)30-37-22-14-13-21(18-24(22)45-30)34-26(39)9-4-10-27(40)41/h11-14,18,23H,2-10,15-17H2,1H3,(H,32,38)(H,33,35)(H,34,39)(H,36,42)(H,40,41)/t23-/m0/s1. The van der Waals surface area contributed by atoms with Crippen molar-refractivity contribution in [3.63, 3.8) is 0 Å². The predicted octanol–water partition coefficient (Wildman–Crippen LogP) is 3.43. The molecule has 0 saturated heterocycles. The molecule has 1 aliphatic heterocycles. The van der Waals surface area contributed by atoms with Crippen LogP contribution in [0.4, 0.5) is 11.5 Å². The summed E-state index contributed by atoms with van der Waals surface area (Å²) < 4.78 is 5.49. The Morgan fingerprint density at radius 2 is 1.84 bits per heavy atom. The van der Waals surface area contributed by atoms with Gasteiger partial charge in [-0.3, -0.25) is 19.2 Å². The molecule has 0 bridgehead atoms. The maximum absolute atomic E-state index is 13.0. The molecule has 1 aliphatic rings. The minimum atomic E-state index is -0.987. The fraction of sp³-hybridized carbons (Fsp3) is 0.452. The summed E-state index contributed by atoms with van der Waals surface area (Å²) in [5, 5.41) is 20.3. The Labute approximate surface area is 264 Å². The van der Waals surface area contributed by atoms with Gasteiger partial charge in [-0.1, -0.05) is 6.07 Å². The molecule has 3 amide bonds. The van der Waals surface area contributed by atoms with Crippen LogP contribution in [-0.4, -0.2) is 71.0 Å². The van der Waals surface area contributed by atoms with E-state index in [2.05, 4.69) is 37.3 Å². The highest BCUT2D eigenvalue weighted by Gasteiger charge is 2.24. The topological polar surface area (TPSA) is 189 Å². The SMILES string of the molecule is COC(=O)[C@H](CCNC(=O)CCCCc1ccc2c(n1)NCCC2)NC(=O)c1nc2ccc(NC(=O)CCCC(=O)O)cc2s1. The monoisotopic (exact) mass is 638 g/mol. The Hall–Kier alpha value is -4.59. The zero-order chi connectivity index (χ0) is 32.2. The van der Waals surface area contributed by atoms with Crippen LogP contribution in [0.25, 0.3) is 10.2 Å². The van der Waals surface area contributed by atoms with E-state index in [4.69, 9.17) is 9.84 Å². The van der Waals surface area contributed by atoms with Crippen LogP contribution in [0.2, 0.25) is 0 Å². The molecule has 0 saturated carbocycles. The number of fused-ring (bicyclic) bond motifs is 2. The summed E-state index contributed by atoms with van der Waals surface area (Å²) in [6.45, 7) is 1.11. The number of carboxylic acid groups (broad SMARTS) is 1. The minimum absolute atomic E-state index is 0.0709. The summed E-state index contributed by atoms with van der Waals surface area (Å²) in [4.78, 5) is 69.5. The predicted molar refractivity (Wildman–Crippen MR) is 169 cm³/mol. The molecule has 0 spiro atoms. The fourth-order valence-corrected chi connectivity index (χ4v) is 5.79. The zero-order valence-corrected chi connectivity index (χ0v) is 26.0. The Kier molecular flexibility index (Phi) is 12.2. The second kappa shape index (κ2) is 16.5. The smallest absolute Gasteiger partial charge is 0.328 e. The molecule has 1 atom stereocenters. The Morgan fingerprint density at radius 3 is 2.64 bits per heavy atom. The number of carboxylic acids is 1. The largest absolute Gasteiger partial charge is 0.481 e. The summed E-state index contributed by atoms with van der Waals surface area (Å²) in [6, 6.07) is 8.15. The van der Waals surface area contributed by atoms with E-state index in [-0.39, 0.29) is 49.1 Å². The first kappa shape index (κ1) is 33.3. The van der Waals surface area contributed by atoms with Gasteiger partial charge in [-0.05, 0) is 74.8 Å². The maximum Gasteiger partial charge on any atom is 0.328 e. The minimum Gasteiger partial charge on any atom is -0.481 e. The molecule has 1 aromatic carbocycles. The van der Waals surface area contributed by atoms with Gasteiger partial charge < -0.3 is 31.1 Å². The number of nitrogens with one attached hydrogen (secondary N) is 4. The lowest BCUT2D eigenvalue weighted by Crippen LogP contribution is -2.43. The first-order chi connectivity index (χ1) is 21.7. The number of anilines is 2.